The van der Waals surface area contributed by atoms with Crippen molar-refractivity contribution in [1.29, 1.82) is 0 Å². The van der Waals surface area contributed by atoms with E-state index in [0.717, 1.165) is 115 Å². The van der Waals surface area contributed by atoms with Crippen LogP contribution in [0.25, 0.3) is 0 Å². The fraction of sp³-hybridized carbons (Fsp3) is 0.840. The van der Waals surface area contributed by atoms with Crippen LogP contribution in [0.1, 0.15) is 289 Å². The molecule has 8 atom stereocenters. The average Bonchev–Trinajstić information content (AvgIpc) is 1.41. The molecule has 0 spiro atoms. The Labute approximate surface area is 536 Å². The molecule has 0 amide bonds. The zero-order chi connectivity index (χ0) is 65.7. The number of carbonyl (C=O) groups is 6. The first kappa shape index (κ1) is 72.2. The molecule has 2 aliphatic heterocycles. The van der Waals surface area contributed by atoms with Crippen LogP contribution in [0, 0.1) is 74.9 Å². The molecule has 0 radical (unpaired) electrons. The van der Waals surface area contributed by atoms with Crippen molar-refractivity contribution in [1.82, 2.24) is 0 Å². The van der Waals surface area contributed by atoms with E-state index in [2.05, 4.69) is 34.6 Å². The maximum Gasteiger partial charge on any atom is 0.344 e. The van der Waals surface area contributed by atoms with E-state index >= 15 is 0 Å². The summed E-state index contributed by atoms with van der Waals surface area (Å²) in [7, 11) is 0. The third-order valence-corrected chi connectivity index (χ3v) is 24.4. The van der Waals surface area contributed by atoms with E-state index in [-0.39, 0.29) is 76.1 Å². The number of hydrogen-bond donors (Lipinski definition) is 2. The zero-order valence-electron chi connectivity index (χ0n) is 58.1. The van der Waals surface area contributed by atoms with Gasteiger partial charge in [-0.2, -0.15) is 0 Å². The minimum absolute atomic E-state index is 0.0197. The van der Waals surface area contributed by atoms with Crippen LogP contribution >= 0.6 is 0 Å². The normalized spacial score (nSPS) is 33.4. The number of esters is 6. The van der Waals surface area contributed by atoms with Gasteiger partial charge in [0.25, 0.3) is 0 Å². The lowest BCUT2D eigenvalue weighted by atomic mass is 9.49. The summed E-state index contributed by atoms with van der Waals surface area (Å²) in [4.78, 5) is 73.1. The maximum atomic E-state index is 12.6. The van der Waals surface area contributed by atoms with E-state index in [1.807, 2.05) is 74.4 Å². The Kier molecular flexibility index (Phi) is 23.5. The molecule has 89 heavy (non-hydrogen) atoms. The van der Waals surface area contributed by atoms with Gasteiger partial charge in [0, 0.05) is 12.3 Å². The van der Waals surface area contributed by atoms with Crippen molar-refractivity contribution >= 4 is 35.8 Å². The number of carbonyl (C=O) groups excluding carboxylic acids is 6. The molecule has 1 aromatic carbocycles. The van der Waals surface area contributed by atoms with E-state index in [9.17, 15) is 33.9 Å². The van der Waals surface area contributed by atoms with Gasteiger partial charge in [-0.05, 0) is 281 Å². The Morgan fingerprint density at radius 3 is 1.55 bits per heavy atom. The summed E-state index contributed by atoms with van der Waals surface area (Å²) >= 11 is 0. The van der Waals surface area contributed by atoms with Crippen molar-refractivity contribution in [2.75, 3.05) is 6.61 Å². The predicted molar refractivity (Wildman–Crippen MR) is 345 cm³/mol. The van der Waals surface area contributed by atoms with Gasteiger partial charge < -0.3 is 38.6 Å². The second kappa shape index (κ2) is 29.0. The predicted octanol–water partition coefficient (Wildman–Crippen LogP) is 16.5. The summed E-state index contributed by atoms with van der Waals surface area (Å²) in [6.45, 7) is 31.8. The molecule has 11 saturated carbocycles. The first-order valence-corrected chi connectivity index (χ1v) is 35.4. The number of benzene rings is 1. The molecule has 12 bridgehead atoms. The van der Waals surface area contributed by atoms with Crippen molar-refractivity contribution in [3.8, 4) is 5.75 Å². The Bertz CT molecular complexity index is 2530. The number of hydrogen-bond acceptors (Lipinski definition) is 14. The Morgan fingerprint density at radius 1 is 0.584 bits per heavy atom. The van der Waals surface area contributed by atoms with Gasteiger partial charge in [0.15, 0.2) is 6.61 Å². The molecular weight excluding hydrogens is 1120 g/mol. The topological polar surface area (TPSA) is 198 Å². The van der Waals surface area contributed by atoms with Crippen molar-refractivity contribution < 1.29 is 67.4 Å². The monoisotopic (exact) mass is 1240 g/mol. The average molecular weight is 1250 g/mol. The number of phenols is 1. The number of aliphatic hydroxyl groups is 1. The molecule has 13 fully saturated rings. The summed E-state index contributed by atoms with van der Waals surface area (Å²) < 4.78 is 34.2. The van der Waals surface area contributed by atoms with Crippen LogP contribution in [0.2, 0.25) is 0 Å². The zero-order valence-corrected chi connectivity index (χ0v) is 58.1. The first-order valence-electron chi connectivity index (χ1n) is 35.4. The fourth-order valence-corrected chi connectivity index (χ4v) is 17.1. The molecule has 0 aromatic heterocycles. The maximum absolute atomic E-state index is 12.6. The molecule has 504 valence electrons. The molecule has 2 saturated heterocycles. The quantitative estimate of drug-likeness (QED) is 0.104. The van der Waals surface area contributed by atoms with Crippen LogP contribution in [0.4, 0.5) is 0 Å². The van der Waals surface area contributed by atoms with Crippen molar-refractivity contribution in [3.63, 3.8) is 0 Å². The van der Waals surface area contributed by atoms with E-state index in [1.54, 1.807) is 26.0 Å². The number of fused-ring (bicyclic) bond motifs is 1. The second-order valence-corrected chi connectivity index (χ2v) is 32.5. The van der Waals surface area contributed by atoms with Crippen LogP contribution in [0.15, 0.2) is 24.3 Å². The molecule has 2 N–H and O–H groups in total. The highest BCUT2D eigenvalue weighted by atomic mass is 16.6. The smallest absolute Gasteiger partial charge is 0.344 e. The number of ether oxygens (including phenoxy) is 6. The minimum atomic E-state index is -0.615. The van der Waals surface area contributed by atoms with Crippen LogP contribution in [-0.4, -0.2) is 87.2 Å². The molecular formula is C75H120O14. The highest BCUT2D eigenvalue weighted by Gasteiger charge is 2.61. The highest BCUT2D eigenvalue weighted by molar-refractivity contribution is 5.80. The van der Waals surface area contributed by atoms with Crippen LogP contribution in [0.3, 0.4) is 0 Å². The summed E-state index contributed by atoms with van der Waals surface area (Å²) in [6, 6.07) is 7.43. The Hall–Kier alpha value is -4.20. The summed E-state index contributed by atoms with van der Waals surface area (Å²) in [5, 5.41) is 19.7. The van der Waals surface area contributed by atoms with Crippen molar-refractivity contribution in [2.45, 2.75) is 318 Å². The van der Waals surface area contributed by atoms with E-state index in [1.165, 1.54) is 56.9 Å². The summed E-state index contributed by atoms with van der Waals surface area (Å²) in [5.41, 5.74) is -1.57. The molecule has 14 nitrogen and oxygen atoms in total. The van der Waals surface area contributed by atoms with Gasteiger partial charge in [-0.3, -0.25) is 24.0 Å². The van der Waals surface area contributed by atoms with Crippen molar-refractivity contribution in [2.24, 2.45) is 74.9 Å². The summed E-state index contributed by atoms with van der Waals surface area (Å²) in [6.07, 6.45) is 25.7. The minimum Gasteiger partial charge on any atom is -0.508 e. The Balaban J connectivity index is 0.000000162. The fourth-order valence-electron chi connectivity index (χ4n) is 17.1. The third-order valence-electron chi connectivity index (χ3n) is 24.4. The van der Waals surface area contributed by atoms with Crippen LogP contribution < -0.4 is 0 Å². The van der Waals surface area contributed by atoms with E-state index < -0.39 is 34.5 Å². The van der Waals surface area contributed by atoms with Gasteiger partial charge in [-0.15, -0.1) is 0 Å². The summed E-state index contributed by atoms with van der Waals surface area (Å²) in [5.74, 6) is 4.61. The molecule has 14 heteroatoms. The lowest BCUT2D eigenvalue weighted by Crippen LogP contribution is -2.61. The molecule has 1 aromatic rings. The lowest BCUT2D eigenvalue weighted by Gasteiger charge is -2.60. The molecule has 11 aliphatic carbocycles. The van der Waals surface area contributed by atoms with Gasteiger partial charge in [0.1, 0.15) is 34.8 Å². The molecule has 8 unspecified atom stereocenters. The third kappa shape index (κ3) is 17.2. The Morgan fingerprint density at radius 2 is 1.07 bits per heavy atom. The largest absolute Gasteiger partial charge is 0.508 e. The molecule has 13 aliphatic rings. The van der Waals surface area contributed by atoms with E-state index in [0.29, 0.717) is 54.1 Å². The van der Waals surface area contributed by atoms with Crippen LogP contribution in [-0.2, 0) is 57.2 Å². The second-order valence-electron chi connectivity index (χ2n) is 32.5. The number of rotatable bonds is 18. The first-order chi connectivity index (χ1) is 41.7. The van der Waals surface area contributed by atoms with Crippen LogP contribution in [0.5, 0.6) is 5.75 Å². The number of phenolic OH excluding ortho intramolecular Hbond substituents is 1. The lowest BCUT2D eigenvalue weighted by molar-refractivity contribution is -0.225. The number of aromatic hydroxyl groups is 1. The van der Waals surface area contributed by atoms with Crippen molar-refractivity contribution in [3.05, 3.63) is 29.8 Å². The van der Waals surface area contributed by atoms with Gasteiger partial charge in [0.2, 0.25) is 0 Å². The highest BCUT2D eigenvalue weighted by Crippen LogP contribution is 2.62. The van der Waals surface area contributed by atoms with Gasteiger partial charge in [-0.25, -0.2) is 4.79 Å². The van der Waals surface area contributed by atoms with Gasteiger partial charge >= 0.3 is 35.8 Å². The van der Waals surface area contributed by atoms with Gasteiger partial charge in [0.05, 0.1) is 33.2 Å². The standard InChI is InChI=1S/C18H26O6.C18H30O2.C16H26O3.C13H24O2.C10H14O/c1-4-18(2,3)17(21)22-9-14(19)24-15-11-5-10-6-12(8-11)16(20)23-13(15)7-10;1-5-17(3,4)16(19)20-18(6-2)14-8-12-7-13(10-14)11-15(18)9-12;1-4-14(2,3)13(17)19-16-8-11-5-12(9-16)7-15(18,6-11)10-16;1-5-12(3,4)11(14)15-13(6-2)9-7-8-10-13;1-3-8(2)9-4-6-10(11)7-5-9/h10-13,15H,4-9H2,1-3H3;12-15H,5-11H2,1-4H3;11-12,18H,4-10H2,1-3H3;5-10H2,1-4H3;4-8,11H,3H2,1-2H3. The molecule has 2 heterocycles. The van der Waals surface area contributed by atoms with Gasteiger partial charge in [-0.1, -0.05) is 67.5 Å². The van der Waals surface area contributed by atoms with E-state index in [4.69, 9.17) is 33.5 Å². The molecule has 14 rings (SSSR count). The SMILES string of the molecule is CCC(C)(C)C(=O)OC1(CC)C2CC3CC(C2)CC1C3.CCC(C)(C)C(=O)OC12CC3CC(CC(O)(C3)C1)C2.CCC(C)(C)C(=O)OCC(=O)OC1C2CC3CC(C2)C(=O)OC1C3.CCC(C)c1ccc(O)cc1.CCC1(OC(=O)C(C)(C)CC)CCCC1.